The Morgan fingerprint density at radius 1 is 0.224 bits per heavy atom. The van der Waals surface area contributed by atoms with Crippen molar-refractivity contribution in [2.24, 2.45) is 0 Å². The van der Waals surface area contributed by atoms with Crippen molar-refractivity contribution in [3.63, 3.8) is 0 Å². The second-order valence-corrected chi connectivity index (χ2v) is 19.9. The van der Waals surface area contributed by atoms with Gasteiger partial charge in [0.25, 0.3) is 0 Å². The van der Waals surface area contributed by atoms with Gasteiger partial charge in [0.05, 0.1) is 44.1 Å². The first-order chi connectivity index (χ1) is 37.7. The molecule has 0 fully saturated rings. The maximum Gasteiger partial charge on any atom is 0.240 e. The number of rotatable bonds is 5. The molecule has 0 saturated carbocycles. The molecule has 17 aromatic rings. The highest BCUT2D eigenvalue weighted by Gasteiger charge is 2.28. The molecule has 5 aromatic heterocycles. The maximum atomic E-state index is 5.90. The van der Waals surface area contributed by atoms with Crippen LogP contribution in [0.1, 0.15) is 0 Å². The SMILES string of the molecule is c1ccc(-c2nc(-n3c4c5ccccc5ccc4c4ccc5c(c6ccccc6n5-c5ccccc5)c43)nc(-n3c4c5ccccc5ccc4c4ccc5c(c6ccc7ccccc7c6n5-c5ccccc5)c43)n2)cc1. The highest BCUT2D eigenvalue weighted by Crippen LogP contribution is 2.47. The van der Waals surface area contributed by atoms with Crippen LogP contribution in [0.15, 0.2) is 249 Å². The summed E-state index contributed by atoms with van der Waals surface area (Å²) in [7, 11) is 0. The zero-order chi connectivity index (χ0) is 49.6. The fraction of sp³-hybridized carbons (Fsp3) is 0. The van der Waals surface area contributed by atoms with Gasteiger partial charge in [-0.1, -0.05) is 206 Å². The molecule has 0 aliphatic heterocycles. The molecule has 0 aliphatic carbocycles. The largest absolute Gasteiger partial charge is 0.309 e. The summed E-state index contributed by atoms with van der Waals surface area (Å²) in [6.45, 7) is 0. The third-order valence-corrected chi connectivity index (χ3v) is 16.0. The predicted molar refractivity (Wildman–Crippen MR) is 315 cm³/mol. The van der Waals surface area contributed by atoms with Gasteiger partial charge in [0, 0.05) is 76.2 Å². The molecule has 12 aromatic carbocycles. The molecule has 0 saturated heterocycles. The lowest BCUT2D eigenvalue weighted by Gasteiger charge is -2.15. The molecule has 0 unspecified atom stereocenters. The van der Waals surface area contributed by atoms with Crippen LogP contribution in [-0.4, -0.2) is 33.2 Å². The monoisotopic (exact) mass is 967 g/mol. The van der Waals surface area contributed by atoms with Crippen LogP contribution >= 0.6 is 0 Å². The van der Waals surface area contributed by atoms with Crippen LogP contribution in [-0.2, 0) is 0 Å². The second kappa shape index (κ2) is 15.6. The molecule has 0 radical (unpaired) electrons. The number of aromatic nitrogens is 7. The van der Waals surface area contributed by atoms with E-state index in [0.717, 1.165) is 126 Å². The molecule has 0 bridgehead atoms. The number of hydrogen-bond acceptors (Lipinski definition) is 3. The van der Waals surface area contributed by atoms with Crippen molar-refractivity contribution in [2.75, 3.05) is 0 Å². The molecular weight excluding hydrogens is 927 g/mol. The third-order valence-electron chi connectivity index (χ3n) is 16.0. The van der Waals surface area contributed by atoms with Gasteiger partial charge in [0.15, 0.2) is 5.82 Å². The summed E-state index contributed by atoms with van der Waals surface area (Å²) >= 11 is 0. The Morgan fingerprint density at radius 2 is 0.605 bits per heavy atom. The third kappa shape index (κ3) is 5.63. The van der Waals surface area contributed by atoms with Crippen molar-refractivity contribution in [3.8, 4) is 34.7 Å². The van der Waals surface area contributed by atoms with E-state index in [9.17, 15) is 0 Å². The maximum absolute atomic E-state index is 5.90. The summed E-state index contributed by atoms with van der Waals surface area (Å²) in [6.07, 6.45) is 0. The minimum Gasteiger partial charge on any atom is -0.309 e. The van der Waals surface area contributed by atoms with E-state index >= 15 is 0 Å². The Bertz CT molecular complexity index is 5280. The quantitative estimate of drug-likeness (QED) is 0.173. The van der Waals surface area contributed by atoms with Gasteiger partial charge < -0.3 is 9.13 Å². The summed E-state index contributed by atoms with van der Waals surface area (Å²) < 4.78 is 9.55. The van der Waals surface area contributed by atoms with E-state index in [0.29, 0.717) is 17.7 Å². The summed E-state index contributed by atoms with van der Waals surface area (Å²) in [6, 6.07) is 89.6. The van der Waals surface area contributed by atoms with E-state index in [4.69, 9.17) is 15.0 Å². The van der Waals surface area contributed by atoms with Crippen LogP contribution in [0.5, 0.6) is 0 Å². The Kier molecular flexibility index (Phi) is 8.43. The Labute approximate surface area is 434 Å². The van der Waals surface area contributed by atoms with Crippen molar-refractivity contribution in [2.45, 2.75) is 0 Å². The Balaban J connectivity index is 1.09. The molecule has 0 amide bonds. The minimum absolute atomic E-state index is 0.531. The molecule has 0 N–H and O–H groups in total. The lowest BCUT2D eigenvalue weighted by Crippen LogP contribution is -2.10. The Hall–Kier alpha value is -10.4. The van der Waals surface area contributed by atoms with Gasteiger partial charge in [-0.3, -0.25) is 9.13 Å². The van der Waals surface area contributed by atoms with E-state index in [1.165, 1.54) is 10.8 Å². The topological polar surface area (TPSA) is 58.4 Å². The lowest BCUT2D eigenvalue weighted by atomic mass is 10.0. The summed E-state index contributed by atoms with van der Waals surface area (Å²) in [5.74, 6) is 1.64. The number of nitrogens with zero attached hydrogens (tertiary/aromatic N) is 7. The number of benzene rings is 12. The number of hydrogen-bond donors (Lipinski definition) is 0. The number of fused-ring (bicyclic) bond motifs is 20. The molecule has 5 heterocycles. The highest BCUT2D eigenvalue weighted by molar-refractivity contribution is 6.32. The van der Waals surface area contributed by atoms with Crippen molar-refractivity contribution >= 4 is 120 Å². The van der Waals surface area contributed by atoms with Crippen LogP contribution in [0.4, 0.5) is 0 Å². The molecule has 7 heteroatoms. The van der Waals surface area contributed by atoms with Crippen LogP contribution in [0, 0.1) is 0 Å². The first-order valence-electron chi connectivity index (χ1n) is 25.9. The molecule has 7 nitrogen and oxygen atoms in total. The second-order valence-electron chi connectivity index (χ2n) is 19.9. The zero-order valence-corrected chi connectivity index (χ0v) is 40.8. The van der Waals surface area contributed by atoms with Gasteiger partial charge in [-0.15, -0.1) is 0 Å². The van der Waals surface area contributed by atoms with Gasteiger partial charge in [0.2, 0.25) is 11.9 Å². The average molecular weight is 968 g/mol. The molecule has 17 rings (SSSR count). The van der Waals surface area contributed by atoms with E-state index in [-0.39, 0.29) is 0 Å². The first-order valence-corrected chi connectivity index (χ1v) is 25.9. The van der Waals surface area contributed by atoms with Crippen molar-refractivity contribution in [1.29, 1.82) is 0 Å². The van der Waals surface area contributed by atoms with Gasteiger partial charge in [0.1, 0.15) is 0 Å². The first kappa shape index (κ1) is 41.1. The van der Waals surface area contributed by atoms with Gasteiger partial charge in [-0.2, -0.15) is 15.0 Å². The van der Waals surface area contributed by atoms with Crippen molar-refractivity contribution in [1.82, 2.24) is 33.2 Å². The van der Waals surface area contributed by atoms with Gasteiger partial charge in [-0.05, 0) is 58.6 Å². The standard InChI is InChI=1S/C69H41N7/c1-4-21-45(22-5-1)67-70-68(75-62-48-27-13-10-18-42(48)32-35-51(62)53-38-40-58-60(65(53)75)55-30-16-17-31-57(55)73(58)46-23-6-2-7-24-46)72-69(71-67)76-63-49-28-14-11-19-43(49)33-36-52(63)54-39-41-59-61(66(54)76)56-37-34-44-20-12-15-29-50(44)64(56)74(59)47-25-8-3-9-26-47/h1-41H. The normalized spacial score (nSPS) is 12.2. The fourth-order valence-electron chi connectivity index (χ4n) is 12.8. The molecular formula is C69H41N7. The number of para-hydroxylation sites is 3. The molecule has 76 heavy (non-hydrogen) atoms. The Morgan fingerprint density at radius 3 is 1.14 bits per heavy atom. The highest BCUT2D eigenvalue weighted by atomic mass is 15.3. The van der Waals surface area contributed by atoms with E-state index in [2.05, 4.69) is 261 Å². The van der Waals surface area contributed by atoms with Crippen molar-refractivity contribution < 1.29 is 0 Å². The lowest BCUT2D eigenvalue weighted by molar-refractivity contribution is 0.896. The van der Waals surface area contributed by atoms with Gasteiger partial charge in [-0.25, -0.2) is 0 Å². The van der Waals surface area contributed by atoms with Gasteiger partial charge >= 0.3 is 0 Å². The molecule has 352 valence electrons. The fourth-order valence-corrected chi connectivity index (χ4v) is 12.8. The molecule has 0 atom stereocenters. The minimum atomic E-state index is 0.531. The van der Waals surface area contributed by atoms with Crippen LogP contribution in [0.2, 0.25) is 0 Å². The predicted octanol–water partition coefficient (Wildman–Crippen LogP) is 17.4. The van der Waals surface area contributed by atoms with E-state index in [1.807, 2.05) is 6.07 Å². The summed E-state index contributed by atoms with van der Waals surface area (Å²) in [5, 5.41) is 15.9. The van der Waals surface area contributed by atoms with Crippen LogP contribution in [0.25, 0.3) is 154 Å². The van der Waals surface area contributed by atoms with Crippen LogP contribution in [0.3, 0.4) is 0 Å². The van der Waals surface area contributed by atoms with E-state index in [1.54, 1.807) is 0 Å². The summed E-state index contributed by atoms with van der Waals surface area (Å²) in [4.78, 5) is 17.2. The molecule has 0 spiro atoms. The smallest absolute Gasteiger partial charge is 0.240 e. The van der Waals surface area contributed by atoms with E-state index < -0.39 is 0 Å². The molecule has 0 aliphatic rings. The van der Waals surface area contributed by atoms with Crippen LogP contribution < -0.4 is 0 Å². The van der Waals surface area contributed by atoms with Crippen molar-refractivity contribution in [3.05, 3.63) is 249 Å². The average Bonchev–Trinajstić information content (AvgIpc) is 4.42. The zero-order valence-electron chi connectivity index (χ0n) is 40.8. The summed E-state index contributed by atoms with van der Waals surface area (Å²) in [5.41, 5.74) is 11.7.